The second-order valence-electron chi connectivity index (χ2n) is 6.84. The van der Waals surface area contributed by atoms with Gasteiger partial charge in [-0.3, -0.25) is 4.79 Å². The van der Waals surface area contributed by atoms with Crippen molar-refractivity contribution < 1.29 is 14.3 Å². The SMILES string of the molecule is CN1C(=O)C[C@H](c2ccccc2)[C@@H]1C(O)c1ccc(-c2ccccc2F)s1. The molecule has 1 fully saturated rings. The summed E-state index contributed by atoms with van der Waals surface area (Å²) in [6.07, 6.45) is -0.439. The summed E-state index contributed by atoms with van der Waals surface area (Å²) in [5, 5.41) is 11.1. The molecule has 0 bridgehead atoms. The highest BCUT2D eigenvalue weighted by atomic mass is 32.1. The number of amides is 1. The van der Waals surface area contributed by atoms with Crippen LogP contribution in [0.15, 0.2) is 66.7 Å². The third kappa shape index (κ3) is 3.29. The smallest absolute Gasteiger partial charge is 0.223 e. The van der Waals surface area contributed by atoms with Crippen LogP contribution in [0.4, 0.5) is 4.39 Å². The molecule has 1 N–H and O–H groups in total. The van der Waals surface area contributed by atoms with E-state index in [-0.39, 0.29) is 23.7 Å². The van der Waals surface area contributed by atoms with Crippen LogP contribution in [0.5, 0.6) is 0 Å². The molecule has 0 aliphatic carbocycles. The topological polar surface area (TPSA) is 40.5 Å². The number of nitrogens with zero attached hydrogens (tertiary/aromatic N) is 1. The Morgan fingerprint density at radius 1 is 1.07 bits per heavy atom. The molecule has 3 nitrogen and oxygen atoms in total. The molecule has 138 valence electrons. The van der Waals surface area contributed by atoms with Crippen LogP contribution in [0.1, 0.15) is 28.9 Å². The van der Waals surface area contributed by atoms with E-state index in [1.807, 2.05) is 42.5 Å². The number of hydrogen-bond acceptors (Lipinski definition) is 3. The zero-order chi connectivity index (χ0) is 19.0. The number of rotatable bonds is 4. The van der Waals surface area contributed by atoms with Crippen molar-refractivity contribution in [1.82, 2.24) is 4.90 Å². The first-order valence-electron chi connectivity index (χ1n) is 8.89. The molecule has 0 saturated carbocycles. The van der Waals surface area contributed by atoms with Crippen molar-refractivity contribution in [2.45, 2.75) is 24.5 Å². The predicted octanol–water partition coefficient (Wildman–Crippen LogP) is 4.60. The molecule has 1 aromatic heterocycles. The van der Waals surface area contributed by atoms with Crippen LogP contribution in [-0.4, -0.2) is 29.0 Å². The zero-order valence-corrected chi connectivity index (χ0v) is 15.7. The maximum atomic E-state index is 14.1. The standard InChI is InChI=1S/C22H20FNO2S/c1-24-20(25)13-16(14-7-3-2-4-8-14)21(24)22(26)19-12-11-18(27-19)15-9-5-6-10-17(15)23/h2-12,16,21-22,26H,13H2,1H3/t16-,21-,22?/m1/s1. The van der Waals surface area contributed by atoms with Crippen LogP contribution >= 0.6 is 11.3 Å². The Hall–Kier alpha value is -2.50. The molecule has 3 aromatic rings. The van der Waals surface area contributed by atoms with E-state index in [1.165, 1.54) is 17.4 Å². The monoisotopic (exact) mass is 381 g/mol. The van der Waals surface area contributed by atoms with Gasteiger partial charge in [-0.25, -0.2) is 4.39 Å². The first-order chi connectivity index (χ1) is 13.1. The van der Waals surface area contributed by atoms with Gasteiger partial charge in [-0.2, -0.15) is 0 Å². The Balaban J connectivity index is 1.66. The molecule has 1 aliphatic heterocycles. The van der Waals surface area contributed by atoms with Gasteiger partial charge in [-0.1, -0.05) is 48.5 Å². The lowest BCUT2D eigenvalue weighted by atomic mass is 9.88. The first-order valence-corrected chi connectivity index (χ1v) is 9.71. The fourth-order valence-electron chi connectivity index (χ4n) is 3.82. The Morgan fingerprint density at radius 2 is 1.78 bits per heavy atom. The second-order valence-corrected chi connectivity index (χ2v) is 7.96. The quantitative estimate of drug-likeness (QED) is 0.717. The Labute approximate surface area is 161 Å². The Bertz CT molecular complexity index is 956. The zero-order valence-electron chi connectivity index (χ0n) is 14.9. The summed E-state index contributed by atoms with van der Waals surface area (Å²) in [4.78, 5) is 15.5. The first kappa shape index (κ1) is 17.9. The molecule has 1 aliphatic rings. The molecule has 5 heteroatoms. The number of carbonyl (C=O) groups is 1. The van der Waals surface area contributed by atoms with E-state index < -0.39 is 6.10 Å². The van der Waals surface area contributed by atoms with Gasteiger partial charge >= 0.3 is 0 Å². The second kappa shape index (κ2) is 7.25. The molecule has 0 spiro atoms. The van der Waals surface area contributed by atoms with Crippen LogP contribution in [0.25, 0.3) is 10.4 Å². The summed E-state index contributed by atoms with van der Waals surface area (Å²) in [7, 11) is 1.74. The van der Waals surface area contributed by atoms with Crippen LogP contribution in [0.3, 0.4) is 0 Å². The third-order valence-electron chi connectivity index (χ3n) is 5.26. The fraction of sp³-hybridized carbons (Fsp3) is 0.227. The number of likely N-dealkylation sites (N-methyl/N-ethyl adjacent to an activating group) is 1. The van der Waals surface area contributed by atoms with Gasteiger partial charge in [-0.05, 0) is 23.8 Å². The van der Waals surface area contributed by atoms with E-state index >= 15 is 0 Å². The maximum Gasteiger partial charge on any atom is 0.223 e. The minimum absolute atomic E-state index is 0.0267. The molecular formula is C22H20FNO2S. The summed E-state index contributed by atoms with van der Waals surface area (Å²) in [6, 6.07) is 19.8. The van der Waals surface area contributed by atoms with Crippen molar-refractivity contribution in [2.75, 3.05) is 7.05 Å². The Morgan fingerprint density at radius 3 is 2.52 bits per heavy atom. The summed E-state index contributed by atoms with van der Waals surface area (Å²) >= 11 is 1.37. The molecule has 2 aromatic carbocycles. The van der Waals surface area contributed by atoms with Crippen molar-refractivity contribution >= 4 is 17.2 Å². The molecule has 3 atom stereocenters. The van der Waals surface area contributed by atoms with E-state index in [4.69, 9.17) is 0 Å². The van der Waals surface area contributed by atoms with Crippen molar-refractivity contribution in [3.63, 3.8) is 0 Å². The number of halogens is 1. The van der Waals surface area contributed by atoms with Crippen molar-refractivity contribution in [3.05, 3.63) is 83.0 Å². The number of hydrogen-bond donors (Lipinski definition) is 1. The highest BCUT2D eigenvalue weighted by Gasteiger charge is 2.43. The minimum Gasteiger partial charge on any atom is -0.385 e. The fourth-order valence-corrected chi connectivity index (χ4v) is 4.88. The van der Waals surface area contributed by atoms with E-state index in [0.717, 1.165) is 15.3 Å². The third-order valence-corrected chi connectivity index (χ3v) is 6.45. The summed E-state index contributed by atoms with van der Waals surface area (Å²) in [5.41, 5.74) is 1.57. The van der Waals surface area contributed by atoms with E-state index in [0.29, 0.717) is 12.0 Å². The number of carbonyl (C=O) groups excluding carboxylic acids is 1. The molecule has 4 rings (SSSR count). The minimum atomic E-state index is -0.822. The number of thiophene rings is 1. The normalized spacial score (nSPS) is 20.9. The van der Waals surface area contributed by atoms with Gasteiger partial charge in [0.2, 0.25) is 5.91 Å². The highest BCUT2D eigenvalue weighted by molar-refractivity contribution is 7.15. The largest absolute Gasteiger partial charge is 0.385 e. The van der Waals surface area contributed by atoms with Gasteiger partial charge in [0.25, 0.3) is 0 Å². The van der Waals surface area contributed by atoms with Gasteiger partial charge in [0, 0.05) is 34.7 Å². The van der Waals surface area contributed by atoms with Crippen LogP contribution in [0, 0.1) is 5.82 Å². The number of benzene rings is 2. The van der Waals surface area contributed by atoms with E-state index in [1.54, 1.807) is 30.1 Å². The molecular weight excluding hydrogens is 361 g/mol. The van der Waals surface area contributed by atoms with Gasteiger partial charge in [0.05, 0.1) is 6.04 Å². The summed E-state index contributed by atoms with van der Waals surface area (Å²) < 4.78 is 14.1. The van der Waals surface area contributed by atoms with Crippen LogP contribution < -0.4 is 0 Å². The van der Waals surface area contributed by atoms with Gasteiger partial charge in [-0.15, -0.1) is 11.3 Å². The predicted molar refractivity (Wildman–Crippen MR) is 105 cm³/mol. The lowest BCUT2D eigenvalue weighted by molar-refractivity contribution is -0.128. The van der Waals surface area contributed by atoms with Crippen molar-refractivity contribution in [2.24, 2.45) is 0 Å². The summed E-state index contributed by atoms with van der Waals surface area (Å²) in [5.74, 6) is -0.327. The van der Waals surface area contributed by atoms with E-state index in [2.05, 4.69) is 0 Å². The van der Waals surface area contributed by atoms with Gasteiger partial charge in [0.15, 0.2) is 0 Å². The summed E-state index contributed by atoms with van der Waals surface area (Å²) in [6.45, 7) is 0. The lowest BCUT2D eigenvalue weighted by Crippen LogP contribution is -2.36. The maximum absolute atomic E-state index is 14.1. The number of aliphatic hydroxyl groups excluding tert-OH is 1. The van der Waals surface area contributed by atoms with Gasteiger partial charge < -0.3 is 10.0 Å². The molecule has 0 radical (unpaired) electrons. The van der Waals surface area contributed by atoms with Crippen LogP contribution in [0.2, 0.25) is 0 Å². The molecule has 1 unspecified atom stereocenters. The number of likely N-dealkylation sites (tertiary alicyclic amines) is 1. The molecule has 1 amide bonds. The van der Waals surface area contributed by atoms with Crippen molar-refractivity contribution in [3.8, 4) is 10.4 Å². The van der Waals surface area contributed by atoms with Crippen LogP contribution in [-0.2, 0) is 4.79 Å². The lowest BCUT2D eigenvalue weighted by Gasteiger charge is -2.29. The molecule has 1 saturated heterocycles. The van der Waals surface area contributed by atoms with E-state index in [9.17, 15) is 14.3 Å². The average Bonchev–Trinajstić information content (AvgIpc) is 3.28. The molecule has 27 heavy (non-hydrogen) atoms. The average molecular weight is 381 g/mol. The van der Waals surface area contributed by atoms with Gasteiger partial charge in [0.1, 0.15) is 11.9 Å². The highest BCUT2D eigenvalue weighted by Crippen LogP contribution is 2.42. The van der Waals surface area contributed by atoms with Crippen molar-refractivity contribution in [1.29, 1.82) is 0 Å². The number of aliphatic hydroxyl groups is 1. The molecule has 2 heterocycles. The Kier molecular flexibility index (Phi) is 4.81.